The summed E-state index contributed by atoms with van der Waals surface area (Å²) >= 11 is 1.42. The van der Waals surface area contributed by atoms with E-state index >= 15 is 0 Å². The molecular weight excluding hydrogens is 458 g/mol. The van der Waals surface area contributed by atoms with Gasteiger partial charge < -0.3 is 20.7 Å². The van der Waals surface area contributed by atoms with Gasteiger partial charge in [-0.3, -0.25) is 4.79 Å². The number of nitrogens with zero attached hydrogens (tertiary/aromatic N) is 3. The number of nitrogens with one attached hydrogen (secondary N) is 1. The summed E-state index contributed by atoms with van der Waals surface area (Å²) in [5, 5.41) is 14.1. The summed E-state index contributed by atoms with van der Waals surface area (Å²) in [5.41, 5.74) is 12.2. The molecule has 0 radical (unpaired) electrons. The Morgan fingerprint density at radius 1 is 1.14 bits per heavy atom. The quantitative estimate of drug-likeness (QED) is 0.411. The van der Waals surface area contributed by atoms with Crippen molar-refractivity contribution >= 4 is 44.0 Å². The maximum atomic E-state index is 13.8. The number of morpholine rings is 1. The summed E-state index contributed by atoms with van der Waals surface area (Å²) in [7, 11) is 0. The number of aromatic nitrogens is 1. The fraction of sp³-hybridized carbons (Fsp3) is 0.222. The maximum absolute atomic E-state index is 13.8. The van der Waals surface area contributed by atoms with Gasteiger partial charge in [0, 0.05) is 24.3 Å². The van der Waals surface area contributed by atoms with Crippen LogP contribution in [-0.2, 0) is 4.74 Å². The molecule has 1 amide bonds. The molecular formula is C27H25N5O2S. The molecule has 0 aliphatic carbocycles. The summed E-state index contributed by atoms with van der Waals surface area (Å²) in [5.74, 6) is -0.00561. The van der Waals surface area contributed by atoms with Crippen LogP contribution in [0.25, 0.3) is 21.3 Å². The third-order valence-electron chi connectivity index (χ3n) is 6.21. The Bertz CT molecular complexity index is 1460. The number of hydrogen-bond donors (Lipinski definition) is 2. The largest absolute Gasteiger partial charge is 0.383 e. The molecule has 35 heavy (non-hydrogen) atoms. The lowest BCUT2D eigenvalue weighted by Gasteiger charge is -2.27. The second-order valence-corrected chi connectivity index (χ2v) is 9.57. The average molecular weight is 484 g/mol. The van der Waals surface area contributed by atoms with Crippen molar-refractivity contribution in [3.05, 3.63) is 70.8 Å². The van der Waals surface area contributed by atoms with Gasteiger partial charge in [0.05, 0.1) is 23.4 Å². The molecule has 3 heterocycles. The topological polar surface area (TPSA) is 104 Å². The number of nitriles is 1. The van der Waals surface area contributed by atoms with Crippen LogP contribution in [0.15, 0.2) is 48.5 Å². The molecule has 5 rings (SSSR count). The predicted octanol–water partition coefficient (Wildman–Crippen LogP) is 5.25. The molecule has 7 nitrogen and oxygen atoms in total. The summed E-state index contributed by atoms with van der Waals surface area (Å²) in [4.78, 5) is 20.2. The second kappa shape index (κ2) is 9.37. The highest BCUT2D eigenvalue weighted by Gasteiger charge is 2.29. The van der Waals surface area contributed by atoms with Crippen molar-refractivity contribution in [2.24, 2.45) is 0 Å². The average Bonchev–Trinajstić information content (AvgIpc) is 3.22. The van der Waals surface area contributed by atoms with Crippen molar-refractivity contribution in [1.29, 1.82) is 5.26 Å². The van der Waals surface area contributed by atoms with E-state index in [1.807, 2.05) is 62.4 Å². The van der Waals surface area contributed by atoms with E-state index in [1.54, 1.807) is 4.90 Å². The van der Waals surface area contributed by atoms with Gasteiger partial charge in [0.1, 0.15) is 28.0 Å². The van der Waals surface area contributed by atoms with Crippen molar-refractivity contribution < 1.29 is 9.53 Å². The SMILES string of the molecule is Cc1ccc(-c2c(C#N)c(N)nc3c(C(=O)N4CCOCC4)c(Nc4ccccc4C)sc23)cc1. The number of para-hydroxylation sites is 1. The molecule has 1 aliphatic rings. The minimum atomic E-state index is -0.123. The van der Waals surface area contributed by atoms with Crippen LogP contribution in [0.2, 0.25) is 0 Å². The van der Waals surface area contributed by atoms with Crippen LogP contribution in [0, 0.1) is 25.2 Å². The number of nitrogen functional groups attached to an aromatic ring is 1. The Kier molecular flexibility index (Phi) is 6.12. The van der Waals surface area contributed by atoms with Gasteiger partial charge in [0.2, 0.25) is 0 Å². The molecule has 1 aliphatic heterocycles. The number of rotatable bonds is 4. The van der Waals surface area contributed by atoms with Crippen molar-refractivity contribution in [3.8, 4) is 17.2 Å². The molecule has 0 unspecified atom stereocenters. The fourth-order valence-electron chi connectivity index (χ4n) is 4.27. The Morgan fingerprint density at radius 2 is 1.86 bits per heavy atom. The highest BCUT2D eigenvalue weighted by molar-refractivity contribution is 7.24. The summed E-state index contributed by atoms with van der Waals surface area (Å²) < 4.78 is 6.21. The zero-order valence-corrected chi connectivity index (χ0v) is 20.4. The number of carbonyl (C=O) groups excluding carboxylic acids is 1. The minimum absolute atomic E-state index is 0.117. The number of anilines is 3. The molecule has 0 atom stereocenters. The van der Waals surface area contributed by atoms with E-state index in [0.29, 0.717) is 53.5 Å². The van der Waals surface area contributed by atoms with Crippen molar-refractivity contribution in [2.45, 2.75) is 13.8 Å². The number of hydrogen-bond acceptors (Lipinski definition) is 7. The van der Waals surface area contributed by atoms with Crippen LogP contribution in [0.3, 0.4) is 0 Å². The number of thiophene rings is 1. The lowest BCUT2D eigenvalue weighted by Crippen LogP contribution is -2.40. The Balaban J connectivity index is 1.78. The van der Waals surface area contributed by atoms with E-state index in [0.717, 1.165) is 27.1 Å². The standard InChI is InChI=1S/C27H25N5O2S/c1-16-7-9-18(10-8-16)21-19(15-28)25(29)31-23-22(27(33)32-11-13-34-14-12-32)26(35-24(21)23)30-20-6-4-3-5-17(20)2/h3-10,30H,11-14H2,1-2H3,(H2,29,31). The van der Waals surface area contributed by atoms with Gasteiger partial charge in [0.25, 0.3) is 5.91 Å². The summed E-state index contributed by atoms with van der Waals surface area (Å²) in [6.07, 6.45) is 0. The normalized spacial score (nSPS) is 13.6. The monoisotopic (exact) mass is 483 g/mol. The Labute approximate surface area is 207 Å². The fourth-order valence-corrected chi connectivity index (χ4v) is 5.49. The Hall–Kier alpha value is -3.93. The Morgan fingerprint density at radius 3 is 2.54 bits per heavy atom. The molecule has 176 valence electrons. The first-order valence-electron chi connectivity index (χ1n) is 11.4. The highest BCUT2D eigenvalue weighted by atomic mass is 32.1. The number of fused-ring (bicyclic) bond motifs is 1. The molecule has 2 aromatic heterocycles. The van der Waals surface area contributed by atoms with E-state index in [9.17, 15) is 10.1 Å². The number of nitrogens with two attached hydrogens (primary N) is 1. The van der Waals surface area contributed by atoms with Gasteiger partial charge in [-0.15, -0.1) is 11.3 Å². The van der Waals surface area contributed by atoms with Gasteiger partial charge in [-0.05, 0) is 31.0 Å². The summed E-state index contributed by atoms with van der Waals surface area (Å²) in [6, 6.07) is 18.1. The van der Waals surface area contributed by atoms with E-state index in [2.05, 4.69) is 16.4 Å². The van der Waals surface area contributed by atoms with Crippen molar-refractivity contribution in [1.82, 2.24) is 9.88 Å². The number of ether oxygens (including phenoxy) is 1. The number of benzene rings is 2. The van der Waals surface area contributed by atoms with Crippen LogP contribution in [-0.4, -0.2) is 42.1 Å². The number of carbonyl (C=O) groups is 1. The van der Waals surface area contributed by atoms with Gasteiger partial charge in [-0.25, -0.2) is 4.98 Å². The number of amides is 1. The zero-order chi connectivity index (χ0) is 24.5. The highest BCUT2D eigenvalue weighted by Crippen LogP contribution is 2.45. The first kappa shape index (κ1) is 22.8. The molecule has 3 N–H and O–H groups in total. The molecule has 2 aromatic carbocycles. The van der Waals surface area contributed by atoms with Crippen LogP contribution < -0.4 is 11.1 Å². The van der Waals surface area contributed by atoms with Gasteiger partial charge >= 0.3 is 0 Å². The van der Waals surface area contributed by atoms with E-state index in [4.69, 9.17) is 10.5 Å². The lowest BCUT2D eigenvalue weighted by atomic mass is 9.99. The third kappa shape index (κ3) is 4.20. The smallest absolute Gasteiger partial charge is 0.259 e. The molecule has 1 fully saturated rings. The van der Waals surface area contributed by atoms with Gasteiger partial charge in [-0.1, -0.05) is 48.0 Å². The second-order valence-electron chi connectivity index (χ2n) is 8.55. The minimum Gasteiger partial charge on any atom is -0.383 e. The molecule has 1 saturated heterocycles. The van der Waals surface area contributed by atoms with Crippen LogP contribution in [0.5, 0.6) is 0 Å². The molecule has 0 spiro atoms. The van der Waals surface area contributed by atoms with Crippen LogP contribution in [0.4, 0.5) is 16.5 Å². The number of pyridine rings is 1. The van der Waals surface area contributed by atoms with E-state index in [1.165, 1.54) is 11.3 Å². The summed E-state index contributed by atoms with van der Waals surface area (Å²) in [6.45, 7) is 6.04. The first-order chi connectivity index (χ1) is 17.0. The van der Waals surface area contributed by atoms with Crippen molar-refractivity contribution in [3.63, 3.8) is 0 Å². The van der Waals surface area contributed by atoms with Crippen molar-refractivity contribution in [2.75, 3.05) is 37.4 Å². The molecule has 0 saturated carbocycles. The number of aryl methyl sites for hydroxylation is 2. The van der Waals surface area contributed by atoms with E-state index < -0.39 is 0 Å². The van der Waals surface area contributed by atoms with Crippen LogP contribution >= 0.6 is 11.3 Å². The zero-order valence-electron chi connectivity index (χ0n) is 19.6. The third-order valence-corrected chi connectivity index (χ3v) is 7.32. The molecule has 4 aromatic rings. The van der Waals surface area contributed by atoms with E-state index in [-0.39, 0.29) is 11.7 Å². The van der Waals surface area contributed by atoms with Gasteiger partial charge in [0.15, 0.2) is 0 Å². The molecule has 0 bridgehead atoms. The van der Waals surface area contributed by atoms with Crippen LogP contribution in [0.1, 0.15) is 27.0 Å². The maximum Gasteiger partial charge on any atom is 0.259 e. The lowest BCUT2D eigenvalue weighted by molar-refractivity contribution is 0.0305. The molecule has 8 heteroatoms. The first-order valence-corrected chi connectivity index (χ1v) is 12.2. The predicted molar refractivity (Wildman–Crippen MR) is 140 cm³/mol. The van der Waals surface area contributed by atoms with Gasteiger partial charge in [-0.2, -0.15) is 5.26 Å².